The van der Waals surface area contributed by atoms with Gasteiger partial charge in [-0.1, -0.05) is 30.3 Å². The van der Waals surface area contributed by atoms with Crippen LogP contribution < -0.4 is 5.32 Å². The number of aliphatic hydroxyl groups excluding tert-OH is 1. The number of aliphatic hydroxyl groups is 1. The van der Waals surface area contributed by atoms with Crippen LogP contribution in [0.2, 0.25) is 0 Å². The Bertz CT molecular complexity index is 639. The topological polar surface area (TPSA) is 49.3 Å². The lowest BCUT2D eigenvalue weighted by atomic mass is 10.1. The molecule has 1 aliphatic rings. The third kappa shape index (κ3) is 3.28. The van der Waals surface area contributed by atoms with E-state index in [1.54, 1.807) is 11.8 Å². The Morgan fingerprint density at radius 3 is 2.67 bits per heavy atom. The molecule has 1 amide bonds. The van der Waals surface area contributed by atoms with Crippen molar-refractivity contribution in [1.29, 1.82) is 0 Å². The highest BCUT2D eigenvalue weighted by Crippen LogP contribution is 2.31. The van der Waals surface area contributed by atoms with Gasteiger partial charge in [0.15, 0.2) is 0 Å². The number of carbonyl (C=O) groups excluding carboxylic acids is 1. The Labute approximate surface area is 128 Å². The highest BCUT2D eigenvalue weighted by atomic mass is 32.2. The molecule has 1 unspecified atom stereocenters. The van der Waals surface area contributed by atoms with Crippen LogP contribution in [0.4, 0.5) is 5.69 Å². The maximum atomic E-state index is 12.3. The fourth-order valence-electron chi connectivity index (χ4n) is 2.44. The first-order valence-electron chi connectivity index (χ1n) is 7.01. The van der Waals surface area contributed by atoms with Crippen molar-refractivity contribution in [1.82, 2.24) is 0 Å². The minimum Gasteiger partial charge on any atom is -0.392 e. The summed E-state index contributed by atoms with van der Waals surface area (Å²) in [5, 5.41) is 12.0. The number of aryl methyl sites for hydroxylation is 1. The zero-order chi connectivity index (χ0) is 14.7. The van der Waals surface area contributed by atoms with E-state index in [2.05, 4.69) is 11.4 Å². The molecule has 1 aliphatic heterocycles. The lowest BCUT2D eigenvalue weighted by Gasteiger charge is -2.13. The third-order valence-corrected chi connectivity index (χ3v) is 4.91. The van der Waals surface area contributed by atoms with Crippen molar-refractivity contribution in [3.63, 3.8) is 0 Å². The molecule has 108 valence electrons. The fourth-order valence-corrected chi connectivity index (χ4v) is 3.46. The van der Waals surface area contributed by atoms with Crippen LogP contribution in [0.25, 0.3) is 0 Å². The monoisotopic (exact) mass is 299 g/mol. The van der Waals surface area contributed by atoms with Gasteiger partial charge in [0.25, 0.3) is 0 Å². The van der Waals surface area contributed by atoms with Crippen molar-refractivity contribution in [2.24, 2.45) is 0 Å². The summed E-state index contributed by atoms with van der Waals surface area (Å²) in [5.74, 6) is 0.0659. The first-order chi connectivity index (χ1) is 10.3. The number of benzene rings is 2. The minimum absolute atomic E-state index is 0.0458. The zero-order valence-electron chi connectivity index (χ0n) is 11.6. The number of amides is 1. The number of hydrogen-bond donors (Lipinski definition) is 2. The quantitative estimate of drug-likeness (QED) is 0.915. The van der Waals surface area contributed by atoms with Gasteiger partial charge in [-0.05, 0) is 42.2 Å². The molecule has 4 heteroatoms. The molecular weight excluding hydrogens is 282 g/mol. The summed E-state index contributed by atoms with van der Waals surface area (Å²) >= 11 is 1.58. The number of hydrogen-bond acceptors (Lipinski definition) is 3. The summed E-state index contributed by atoms with van der Waals surface area (Å²) < 4.78 is 0. The van der Waals surface area contributed by atoms with Crippen molar-refractivity contribution in [2.75, 3.05) is 5.32 Å². The van der Waals surface area contributed by atoms with E-state index in [9.17, 15) is 4.79 Å². The van der Waals surface area contributed by atoms with Gasteiger partial charge in [-0.15, -0.1) is 11.8 Å². The number of fused-ring (bicyclic) bond motifs is 1. The summed E-state index contributed by atoms with van der Waals surface area (Å²) in [5.41, 5.74) is 3.02. The van der Waals surface area contributed by atoms with Gasteiger partial charge in [0.2, 0.25) is 5.91 Å². The number of rotatable bonds is 3. The summed E-state index contributed by atoms with van der Waals surface area (Å²) in [4.78, 5) is 13.4. The van der Waals surface area contributed by atoms with Gasteiger partial charge in [-0.25, -0.2) is 0 Å². The predicted molar refractivity (Wildman–Crippen MR) is 85.4 cm³/mol. The molecule has 2 N–H and O–H groups in total. The average molecular weight is 299 g/mol. The van der Waals surface area contributed by atoms with Crippen LogP contribution in [-0.4, -0.2) is 16.3 Å². The van der Waals surface area contributed by atoms with E-state index in [1.165, 1.54) is 5.56 Å². The maximum absolute atomic E-state index is 12.3. The Kier molecular flexibility index (Phi) is 4.27. The number of carbonyl (C=O) groups is 1. The fraction of sp³-hybridized carbons (Fsp3) is 0.235. The van der Waals surface area contributed by atoms with Gasteiger partial charge < -0.3 is 10.4 Å². The molecule has 3 rings (SSSR count). The SMILES string of the molecule is O=C1Nc2ccccc2CCC1Sc1ccc(CO)cc1. The molecule has 1 atom stereocenters. The van der Waals surface area contributed by atoms with E-state index < -0.39 is 0 Å². The van der Waals surface area contributed by atoms with Crippen molar-refractivity contribution in [3.05, 3.63) is 59.7 Å². The van der Waals surface area contributed by atoms with Crippen LogP contribution in [-0.2, 0) is 17.8 Å². The largest absolute Gasteiger partial charge is 0.392 e. The standard InChI is InChI=1S/C17H17NO2S/c19-11-12-5-8-14(9-6-12)21-16-10-7-13-3-1-2-4-15(13)18-17(16)20/h1-6,8-9,16,19H,7,10-11H2,(H,18,20). The number of thioether (sulfide) groups is 1. The smallest absolute Gasteiger partial charge is 0.237 e. The summed E-state index contributed by atoms with van der Waals surface area (Å²) in [6, 6.07) is 15.7. The molecule has 0 saturated heterocycles. The Morgan fingerprint density at radius 2 is 1.90 bits per heavy atom. The van der Waals surface area contributed by atoms with Crippen LogP contribution in [0, 0.1) is 0 Å². The van der Waals surface area contributed by atoms with Crippen LogP contribution in [0.3, 0.4) is 0 Å². The van der Waals surface area contributed by atoms with Crippen LogP contribution in [0.5, 0.6) is 0 Å². The minimum atomic E-state index is -0.0858. The first-order valence-corrected chi connectivity index (χ1v) is 7.89. The molecule has 0 spiro atoms. The molecule has 1 heterocycles. The molecule has 0 bridgehead atoms. The molecule has 2 aromatic rings. The van der Waals surface area contributed by atoms with Crippen molar-refractivity contribution >= 4 is 23.4 Å². The highest BCUT2D eigenvalue weighted by molar-refractivity contribution is 8.00. The second-order valence-electron chi connectivity index (χ2n) is 5.09. The molecule has 3 nitrogen and oxygen atoms in total. The lowest BCUT2D eigenvalue weighted by molar-refractivity contribution is -0.115. The number of nitrogens with one attached hydrogen (secondary N) is 1. The Morgan fingerprint density at radius 1 is 1.14 bits per heavy atom. The van der Waals surface area contributed by atoms with Gasteiger partial charge >= 0.3 is 0 Å². The molecule has 0 radical (unpaired) electrons. The zero-order valence-corrected chi connectivity index (χ0v) is 12.4. The molecule has 0 aliphatic carbocycles. The van der Waals surface area contributed by atoms with E-state index >= 15 is 0 Å². The Hall–Kier alpha value is -1.78. The van der Waals surface area contributed by atoms with Crippen molar-refractivity contribution in [3.8, 4) is 0 Å². The summed E-state index contributed by atoms with van der Waals surface area (Å²) in [6.07, 6.45) is 1.73. The van der Waals surface area contributed by atoms with Gasteiger partial charge in [0, 0.05) is 10.6 Å². The molecule has 0 aromatic heterocycles. The number of para-hydroxylation sites is 1. The molecule has 2 aromatic carbocycles. The van der Waals surface area contributed by atoms with Gasteiger partial charge in [0.1, 0.15) is 0 Å². The maximum Gasteiger partial charge on any atom is 0.237 e. The Balaban J connectivity index is 1.73. The van der Waals surface area contributed by atoms with Crippen LogP contribution in [0.15, 0.2) is 53.4 Å². The van der Waals surface area contributed by atoms with E-state index in [4.69, 9.17) is 5.11 Å². The first kappa shape index (κ1) is 14.2. The molecule has 21 heavy (non-hydrogen) atoms. The van der Waals surface area contributed by atoms with Crippen molar-refractivity contribution in [2.45, 2.75) is 29.6 Å². The van der Waals surface area contributed by atoms with E-state index in [0.717, 1.165) is 29.0 Å². The second kappa shape index (κ2) is 6.33. The molecular formula is C17H17NO2S. The van der Waals surface area contributed by atoms with E-state index in [1.807, 2.05) is 42.5 Å². The van der Waals surface area contributed by atoms with Gasteiger partial charge in [0.05, 0.1) is 11.9 Å². The molecule has 0 fully saturated rings. The van der Waals surface area contributed by atoms with E-state index in [0.29, 0.717) is 0 Å². The van der Waals surface area contributed by atoms with Crippen LogP contribution in [0.1, 0.15) is 17.5 Å². The predicted octanol–water partition coefficient (Wildman–Crippen LogP) is 3.22. The third-order valence-electron chi connectivity index (χ3n) is 3.63. The van der Waals surface area contributed by atoms with Crippen molar-refractivity contribution < 1.29 is 9.90 Å². The average Bonchev–Trinajstić information content (AvgIpc) is 2.67. The van der Waals surface area contributed by atoms with E-state index in [-0.39, 0.29) is 17.8 Å². The summed E-state index contributed by atoms with van der Waals surface area (Å²) in [6.45, 7) is 0.0458. The number of anilines is 1. The normalized spacial score (nSPS) is 17.8. The van der Waals surface area contributed by atoms with Crippen LogP contribution >= 0.6 is 11.8 Å². The summed E-state index contributed by atoms with van der Waals surface area (Å²) in [7, 11) is 0. The highest BCUT2D eigenvalue weighted by Gasteiger charge is 2.24. The lowest BCUT2D eigenvalue weighted by Crippen LogP contribution is -2.23. The van der Waals surface area contributed by atoms with Gasteiger partial charge in [-0.2, -0.15) is 0 Å². The second-order valence-corrected chi connectivity index (χ2v) is 6.37. The molecule has 0 saturated carbocycles. The van der Waals surface area contributed by atoms with Gasteiger partial charge in [-0.3, -0.25) is 4.79 Å².